The first-order valence-corrected chi connectivity index (χ1v) is 6.16. The number of phenols is 2. The maximum atomic E-state index is 9.40. The van der Waals surface area contributed by atoms with E-state index in [0.717, 1.165) is 17.0 Å². The standard InChI is InChI=1S/C15H17NO3/c1-2-19-13-6-4-12(5-7-13)16-10-11-3-8-14(17)15(18)9-11/h3-9,16-18H,2,10H2,1H3. The molecular formula is C15H17NO3. The summed E-state index contributed by atoms with van der Waals surface area (Å²) < 4.78 is 5.36. The van der Waals surface area contributed by atoms with Gasteiger partial charge in [-0.05, 0) is 48.9 Å². The Kier molecular flexibility index (Phi) is 4.13. The minimum Gasteiger partial charge on any atom is -0.504 e. The van der Waals surface area contributed by atoms with Crippen LogP contribution in [0.5, 0.6) is 17.2 Å². The molecule has 0 spiro atoms. The molecule has 2 aromatic rings. The van der Waals surface area contributed by atoms with Crippen LogP contribution in [0.4, 0.5) is 5.69 Å². The van der Waals surface area contributed by atoms with Crippen LogP contribution in [-0.4, -0.2) is 16.8 Å². The molecule has 0 saturated heterocycles. The van der Waals surface area contributed by atoms with Crippen LogP contribution in [0.3, 0.4) is 0 Å². The van der Waals surface area contributed by atoms with Crippen LogP contribution >= 0.6 is 0 Å². The minimum absolute atomic E-state index is 0.106. The van der Waals surface area contributed by atoms with Crippen molar-refractivity contribution in [3.8, 4) is 17.2 Å². The fraction of sp³-hybridized carbons (Fsp3) is 0.200. The van der Waals surface area contributed by atoms with Crippen molar-refractivity contribution in [1.29, 1.82) is 0 Å². The Morgan fingerprint density at radius 2 is 1.74 bits per heavy atom. The molecule has 0 unspecified atom stereocenters. The van der Waals surface area contributed by atoms with Crippen LogP contribution in [-0.2, 0) is 6.54 Å². The van der Waals surface area contributed by atoms with Crippen molar-refractivity contribution in [2.45, 2.75) is 13.5 Å². The lowest BCUT2D eigenvalue weighted by atomic mass is 10.2. The summed E-state index contributed by atoms with van der Waals surface area (Å²) in [4.78, 5) is 0. The Morgan fingerprint density at radius 3 is 2.37 bits per heavy atom. The molecule has 0 aliphatic rings. The second-order valence-electron chi connectivity index (χ2n) is 4.13. The summed E-state index contributed by atoms with van der Waals surface area (Å²) in [5.74, 6) is 0.631. The van der Waals surface area contributed by atoms with Crippen molar-refractivity contribution in [2.24, 2.45) is 0 Å². The average Bonchev–Trinajstić information content (AvgIpc) is 2.42. The van der Waals surface area contributed by atoms with E-state index in [1.807, 2.05) is 31.2 Å². The first-order chi connectivity index (χ1) is 9.19. The molecule has 0 bridgehead atoms. The zero-order chi connectivity index (χ0) is 13.7. The number of phenolic OH excluding ortho intramolecular Hbond substituents is 2. The maximum absolute atomic E-state index is 9.40. The second-order valence-corrected chi connectivity index (χ2v) is 4.13. The van der Waals surface area contributed by atoms with Gasteiger partial charge in [-0.1, -0.05) is 6.07 Å². The van der Waals surface area contributed by atoms with Crippen molar-refractivity contribution in [3.05, 3.63) is 48.0 Å². The van der Waals surface area contributed by atoms with E-state index in [2.05, 4.69) is 5.32 Å². The molecule has 0 fully saturated rings. The number of ether oxygens (including phenoxy) is 1. The average molecular weight is 259 g/mol. The number of nitrogens with one attached hydrogen (secondary N) is 1. The van der Waals surface area contributed by atoms with Gasteiger partial charge in [-0.3, -0.25) is 0 Å². The summed E-state index contributed by atoms with van der Waals surface area (Å²) in [5.41, 5.74) is 1.86. The van der Waals surface area contributed by atoms with E-state index in [9.17, 15) is 10.2 Å². The van der Waals surface area contributed by atoms with Gasteiger partial charge in [0, 0.05) is 12.2 Å². The van der Waals surface area contributed by atoms with Gasteiger partial charge in [-0.25, -0.2) is 0 Å². The molecule has 0 aliphatic carbocycles. The first-order valence-electron chi connectivity index (χ1n) is 6.16. The third kappa shape index (κ3) is 3.55. The van der Waals surface area contributed by atoms with Crippen molar-refractivity contribution in [1.82, 2.24) is 0 Å². The predicted molar refractivity (Wildman–Crippen MR) is 74.7 cm³/mol. The quantitative estimate of drug-likeness (QED) is 0.722. The highest BCUT2D eigenvalue weighted by Crippen LogP contribution is 2.25. The van der Waals surface area contributed by atoms with Gasteiger partial charge in [0.05, 0.1) is 6.61 Å². The summed E-state index contributed by atoms with van der Waals surface area (Å²) in [5, 5.41) is 21.9. The normalized spacial score (nSPS) is 10.2. The molecule has 0 amide bonds. The Morgan fingerprint density at radius 1 is 1.00 bits per heavy atom. The number of anilines is 1. The van der Waals surface area contributed by atoms with Gasteiger partial charge < -0.3 is 20.3 Å². The van der Waals surface area contributed by atoms with E-state index in [-0.39, 0.29) is 11.5 Å². The van der Waals surface area contributed by atoms with E-state index < -0.39 is 0 Å². The van der Waals surface area contributed by atoms with Crippen LogP contribution in [0.25, 0.3) is 0 Å². The molecule has 0 radical (unpaired) electrons. The van der Waals surface area contributed by atoms with Crippen molar-refractivity contribution >= 4 is 5.69 Å². The van der Waals surface area contributed by atoms with Gasteiger partial charge in [0.1, 0.15) is 5.75 Å². The summed E-state index contributed by atoms with van der Waals surface area (Å²) >= 11 is 0. The lowest BCUT2D eigenvalue weighted by Gasteiger charge is -2.08. The van der Waals surface area contributed by atoms with E-state index >= 15 is 0 Å². The molecule has 0 heterocycles. The first kappa shape index (κ1) is 13.1. The summed E-state index contributed by atoms with van der Waals surface area (Å²) in [6.45, 7) is 3.17. The van der Waals surface area contributed by atoms with Crippen LogP contribution in [0.1, 0.15) is 12.5 Å². The minimum atomic E-state index is -0.107. The second kappa shape index (κ2) is 6.00. The molecule has 100 valence electrons. The van der Waals surface area contributed by atoms with E-state index in [1.165, 1.54) is 12.1 Å². The van der Waals surface area contributed by atoms with Crippen LogP contribution in [0.2, 0.25) is 0 Å². The lowest BCUT2D eigenvalue weighted by Crippen LogP contribution is -1.99. The third-order valence-corrected chi connectivity index (χ3v) is 2.70. The van der Waals surface area contributed by atoms with Crippen molar-refractivity contribution in [2.75, 3.05) is 11.9 Å². The maximum Gasteiger partial charge on any atom is 0.157 e. The number of hydrogen-bond acceptors (Lipinski definition) is 4. The number of aromatic hydroxyl groups is 2. The molecule has 4 heteroatoms. The van der Waals surface area contributed by atoms with Gasteiger partial charge in [0.2, 0.25) is 0 Å². The van der Waals surface area contributed by atoms with Gasteiger partial charge >= 0.3 is 0 Å². The highest BCUT2D eigenvalue weighted by Gasteiger charge is 2.01. The van der Waals surface area contributed by atoms with Gasteiger partial charge in [-0.15, -0.1) is 0 Å². The molecule has 0 aliphatic heterocycles. The van der Waals surface area contributed by atoms with Gasteiger partial charge in [0.25, 0.3) is 0 Å². The molecule has 4 nitrogen and oxygen atoms in total. The number of hydrogen-bond donors (Lipinski definition) is 3. The van der Waals surface area contributed by atoms with Crippen LogP contribution < -0.4 is 10.1 Å². The largest absolute Gasteiger partial charge is 0.504 e. The molecule has 2 rings (SSSR count). The summed E-state index contributed by atoms with van der Waals surface area (Å²) in [7, 11) is 0. The predicted octanol–water partition coefficient (Wildman–Crippen LogP) is 3.11. The van der Waals surface area contributed by atoms with E-state index in [0.29, 0.717) is 13.2 Å². The zero-order valence-corrected chi connectivity index (χ0v) is 10.8. The third-order valence-electron chi connectivity index (χ3n) is 2.70. The summed E-state index contributed by atoms with van der Waals surface area (Å²) in [6.07, 6.45) is 0. The Bertz CT molecular complexity index is 538. The molecule has 2 aromatic carbocycles. The smallest absolute Gasteiger partial charge is 0.157 e. The molecule has 3 N–H and O–H groups in total. The zero-order valence-electron chi connectivity index (χ0n) is 10.8. The fourth-order valence-corrected chi connectivity index (χ4v) is 1.72. The SMILES string of the molecule is CCOc1ccc(NCc2ccc(O)c(O)c2)cc1. The number of benzene rings is 2. The molecule has 19 heavy (non-hydrogen) atoms. The van der Waals surface area contributed by atoms with Crippen LogP contribution in [0.15, 0.2) is 42.5 Å². The Labute approximate surface area is 112 Å². The molecule has 0 aromatic heterocycles. The Balaban J connectivity index is 1.96. The molecular weight excluding hydrogens is 242 g/mol. The summed E-state index contributed by atoms with van der Waals surface area (Å²) in [6, 6.07) is 12.5. The van der Waals surface area contributed by atoms with E-state index in [1.54, 1.807) is 6.07 Å². The highest BCUT2D eigenvalue weighted by molar-refractivity contribution is 5.48. The monoisotopic (exact) mass is 259 g/mol. The highest BCUT2D eigenvalue weighted by atomic mass is 16.5. The topological polar surface area (TPSA) is 61.7 Å². The van der Waals surface area contributed by atoms with Gasteiger partial charge in [-0.2, -0.15) is 0 Å². The molecule has 0 saturated carbocycles. The number of rotatable bonds is 5. The Hall–Kier alpha value is -2.36. The van der Waals surface area contributed by atoms with Crippen molar-refractivity contribution in [3.63, 3.8) is 0 Å². The fourth-order valence-electron chi connectivity index (χ4n) is 1.72. The van der Waals surface area contributed by atoms with E-state index in [4.69, 9.17) is 4.74 Å². The van der Waals surface area contributed by atoms with Crippen molar-refractivity contribution < 1.29 is 14.9 Å². The van der Waals surface area contributed by atoms with Gasteiger partial charge in [0.15, 0.2) is 11.5 Å². The molecule has 0 atom stereocenters. The lowest BCUT2D eigenvalue weighted by molar-refractivity contribution is 0.340. The van der Waals surface area contributed by atoms with Crippen LogP contribution in [0, 0.1) is 0 Å².